The number of aryl methyl sites for hydroxylation is 1. The van der Waals surface area contributed by atoms with Crippen molar-refractivity contribution in [3.8, 4) is 5.75 Å². The molecule has 158 valence electrons. The first-order chi connectivity index (χ1) is 15.0. The molecule has 0 saturated heterocycles. The van der Waals surface area contributed by atoms with E-state index in [0.717, 1.165) is 22.3 Å². The molecule has 1 aromatic heterocycles. The summed E-state index contributed by atoms with van der Waals surface area (Å²) in [5, 5.41) is 2.78. The predicted molar refractivity (Wildman–Crippen MR) is 119 cm³/mol. The lowest BCUT2D eigenvalue weighted by Crippen LogP contribution is -2.26. The molecule has 1 heterocycles. The molecule has 0 unspecified atom stereocenters. The fourth-order valence-electron chi connectivity index (χ4n) is 3.54. The van der Waals surface area contributed by atoms with Gasteiger partial charge >= 0.3 is 0 Å². The average Bonchev–Trinajstić information content (AvgIpc) is 3.13. The van der Waals surface area contributed by atoms with Crippen molar-refractivity contribution in [2.75, 3.05) is 6.61 Å². The van der Waals surface area contributed by atoms with E-state index in [4.69, 9.17) is 4.74 Å². The Morgan fingerprint density at radius 3 is 2.65 bits per heavy atom. The fourth-order valence-corrected chi connectivity index (χ4v) is 3.54. The van der Waals surface area contributed by atoms with Gasteiger partial charge in [0.1, 0.15) is 24.0 Å². The molecule has 0 aliphatic rings. The summed E-state index contributed by atoms with van der Waals surface area (Å²) in [6.07, 6.45) is 0. The third-order valence-corrected chi connectivity index (χ3v) is 5.39. The number of nitrogens with zero attached hydrogens (tertiary/aromatic N) is 2. The lowest BCUT2D eigenvalue weighted by Gasteiger charge is -2.13. The van der Waals surface area contributed by atoms with Crippen LogP contribution in [-0.2, 0) is 13.1 Å². The van der Waals surface area contributed by atoms with E-state index < -0.39 is 11.7 Å². The number of hydrogen-bond donors (Lipinski definition) is 1. The lowest BCUT2D eigenvalue weighted by atomic mass is 10.1. The fraction of sp³-hybridized carbons (Fsp3) is 0.200. The van der Waals surface area contributed by atoms with Crippen molar-refractivity contribution in [1.29, 1.82) is 0 Å². The number of benzene rings is 3. The van der Waals surface area contributed by atoms with Crippen LogP contribution in [0.15, 0.2) is 66.7 Å². The van der Waals surface area contributed by atoms with Gasteiger partial charge in [0.2, 0.25) is 0 Å². The van der Waals surface area contributed by atoms with E-state index in [1.807, 2.05) is 47.9 Å². The maximum Gasteiger partial charge on any atom is 0.254 e. The average molecular weight is 417 g/mol. The van der Waals surface area contributed by atoms with Crippen LogP contribution in [0.1, 0.15) is 27.3 Å². The first-order valence-electron chi connectivity index (χ1n) is 10.2. The van der Waals surface area contributed by atoms with Crippen LogP contribution in [0, 0.1) is 19.7 Å². The number of aromatic nitrogens is 2. The van der Waals surface area contributed by atoms with Crippen LogP contribution >= 0.6 is 0 Å². The quantitative estimate of drug-likeness (QED) is 0.470. The summed E-state index contributed by atoms with van der Waals surface area (Å²) in [6, 6.07) is 19.7. The van der Waals surface area contributed by atoms with E-state index >= 15 is 0 Å². The molecule has 0 atom stereocenters. The number of nitrogens with one attached hydrogen (secondary N) is 1. The maximum absolute atomic E-state index is 13.9. The molecule has 0 fully saturated rings. The zero-order valence-electron chi connectivity index (χ0n) is 17.6. The standard InChI is InChI=1S/C25H24FN3O2/c1-17-8-7-13-23(18(17)2)31-15-14-29-22-12-6-5-11-21(22)28-24(29)16-27-25(30)19-9-3-4-10-20(19)26/h3-13H,14-16H2,1-2H3,(H,27,30). The number of para-hydroxylation sites is 2. The molecule has 0 bridgehead atoms. The van der Waals surface area contributed by atoms with Gasteiger partial charge < -0.3 is 14.6 Å². The molecule has 31 heavy (non-hydrogen) atoms. The normalized spacial score (nSPS) is 10.9. The molecular formula is C25H24FN3O2. The van der Waals surface area contributed by atoms with E-state index in [1.165, 1.54) is 17.7 Å². The van der Waals surface area contributed by atoms with Gasteiger partial charge in [-0.15, -0.1) is 0 Å². The molecule has 0 aliphatic heterocycles. The number of carbonyl (C=O) groups excluding carboxylic acids is 1. The molecular weight excluding hydrogens is 393 g/mol. The topological polar surface area (TPSA) is 56.1 Å². The monoisotopic (exact) mass is 417 g/mol. The molecule has 5 nitrogen and oxygen atoms in total. The van der Waals surface area contributed by atoms with E-state index in [0.29, 0.717) is 19.0 Å². The summed E-state index contributed by atoms with van der Waals surface area (Å²) >= 11 is 0. The maximum atomic E-state index is 13.9. The van der Waals surface area contributed by atoms with Gasteiger partial charge in [-0.2, -0.15) is 0 Å². The van der Waals surface area contributed by atoms with Gasteiger partial charge in [-0.25, -0.2) is 9.37 Å². The first-order valence-corrected chi connectivity index (χ1v) is 10.2. The van der Waals surface area contributed by atoms with Gasteiger partial charge in [-0.1, -0.05) is 36.4 Å². The number of fused-ring (bicyclic) bond motifs is 1. The molecule has 1 amide bonds. The second-order valence-electron chi connectivity index (χ2n) is 7.38. The van der Waals surface area contributed by atoms with E-state index in [1.54, 1.807) is 12.1 Å². The van der Waals surface area contributed by atoms with Gasteiger partial charge in [0.15, 0.2) is 0 Å². The zero-order chi connectivity index (χ0) is 21.8. The van der Waals surface area contributed by atoms with Gasteiger partial charge in [0, 0.05) is 0 Å². The SMILES string of the molecule is Cc1cccc(OCCn2c(CNC(=O)c3ccccc3F)nc3ccccc32)c1C. The molecule has 1 N–H and O–H groups in total. The minimum absolute atomic E-state index is 0.0171. The molecule has 4 aromatic rings. The van der Waals surface area contributed by atoms with E-state index in [9.17, 15) is 9.18 Å². The van der Waals surface area contributed by atoms with Crippen LogP contribution in [-0.4, -0.2) is 22.1 Å². The highest BCUT2D eigenvalue weighted by Crippen LogP contribution is 2.21. The molecule has 3 aromatic carbocycles. The van der Waals surface area contributed by atoms with Crippen LogP contribution in [0.5, 0.6) is 5.75 Å². The third kappa shape index (κ3) is 4.43. The van der Waals surface area contributed by atoms with Crippen molar-refractivity contribution in [3.63, 3.8) is 0 Å². The number of imidazole rings is 1. The number of amides is 1. The van der Waals surface area contributed by atoms with Crippen molar-refractivity contribution in [3.05, 3.63) is 95.1 Å². The Kier molecular flexibility index (Phi) is 5.98. The van der Waals surface area contributed by atoms with E-state index in [-0.39, 0.29) is 12.1 Å². The molecule has 0 radical (unpaired) electrons. The van der Waals surface area contributed by atoms with Crippen molar-refractivity contribution in [2.45, 2.75) is 26.9 Å². The Bertz CT molecular complexity index is 1230. The second-order valence-corrected chi connectivity index (χ2v) is 7.38. The van der Waals surface area contributed by atoms with Crippen LogP contribution in [0.25, 0.3) is 11.0 Å². The van der Waals surface area contributed by atoms with Crippen LogP contribution in [0.4, 0.5) is 4.39 Å². The summed E-state index contributed by atoms with van der Waals surface area (Å²) < 4.78 is 22.0. The Hall–Kier alpha value is -3.67. The number of hydrogen-bond acceptors (Lipinski definition) is 3. The smallest absolute Gasteiger partial charge is 0.254 e. The predicted octanol–water partition coefficient (Wildman–Crippen LogP) is 4.80. The second kappa shape index (κ2) is 9.00. The van der Waals surface area contributed by atoms with E-state index in [2.05, 4.69) is 23.3 Å². The van der Waals surface area contributed by atoms with Crippen molar-refractivity contribution in [1.82, 2.24) is 14.9 Å². The summed E-state index contributed by atoms with van der Waals surface area (Å²) in [5.41, 5.74) is 4.12. The number of carbonyl (C=O) groups is 1. The Balaban J connectivity index is 1.51. The minimum atomic E-state index is -0.546. The Labute approximate surface area is 180 Å². The van der Waals surface area contributed by atoms with Crippen molar-refractivity contribution < 1.29 is 13.9 Å². The molecule has 6 heteroatoms. The van der Waals surface area contributed by atoms with Gasteiger partial charge in [-0.3, -0.25) is 4.79 Å². The Morgan fingerprint density at radius 1 is 1.03 bits per heavy atom. The highest BCUT2D eigenvalue weighted by Gasteiger charge is 2.14. The van der Waals surface area contributed by atoms with Crippen LogP contribution < -0.4 is 10.1 Å². The number of halogens is 1. The van der Waals surface area contributed by atoms with Crippen LogP contribution in [0.2, 0.25) is 0 Å². The number of ether oxygens (including phenoxy) is 1. The highest BCUT2D eigenvalue weighted by atomic mass is 19.1. The van der Waals surface area contributed by atoms with Crippen molar-refractivity contribution >= 4 is 16.9 Å². The highest BCUT2D eigenvalue weighted by molar-refractivity contribution is 5.94. The summed E-state index contributed by atoms with van der Waals surface area (Å²) in [4.78, 5) is 17.1. The van der Waals surface area contributed by atoms with Crippen molar-refractivity contribution in [2.24, 2.45) is 0 Å². The van der Waals surface area contributed by atoms with Gasteiger partial charge in [-0.05, 0) is 55.3 Å². The summed E-state index contributed by atoms with van der Waals surface area (Å²) in [7, 11) is 0. The lowest BCUT2D eigenvalue weighted by molar-refractivity contribution is 0.0945. The molecule has 0 aliphatic carbocycles. The molecule has 0 saturated carbocycles. The summed E-state index contributed by atoms with van der Waals surface area (Å²) in [5.74, 6) is 0.535. The van der Waals surface area contributed by atoms with Gasteiger partial charge in [0.25, 0.3) is 5.91 Å². The summed E-state index contributed by atoms with van der Waals surface area (Å²) in [6.45, 7) is 5.31. The molecule has 0 spiro atoms. The first kappa shape index (κ1) is 20.6. The molecule has 4 rings (SSSR count). The minimum Gasteiger partial charge on any atom is -0.491 e. The Morgan fingerprint density at radius 2 is 1.81 bits per heavy atom. The van der Waals surface area contributed by atoms with Crippen LogP contribution in [0.3, 0.4) is 0 Å². The van der Waals surface area contributed by atoms with Gasteiger partial charge in [0.05, 0.1) is 29.7 Å². The largest absolute Gasteiger partial charge is 0.491 e. The number of rotatable bonds is 7. The zero-order valence-corrected chi connectivity index (χ0v) is 17.6. The third-order valence-electron chi connectivity index (χ3n) is 5.39.